The molecular weight excluding hydrogens is 262 g/mol. The lowest BCUT2D eigenvalue weighted by Gasteiger charge is -2.22. The molecule has 1 aliphatic rings. The first-order valence-electron chi connectivity index (χ1n) is 6.72. The molecule has 8 heteroatoms. The van der Waals surface area contributed by atoms with E-state index >= 15 is 0 Å². The van der Waals surface area contributed by atoms with Crippen LogP contribution in [0.3, 0.4) is 0 Å². The zero-order valence-corrected chi connectivity index (χ0v) is 11.5. The van der Waals surface area contributed by atoms with Gasteiger partial charge in [-0.25, -0.2) is 9.48 Å². The van der Waals surface area contributed by atoms with E-state index in [1.807, 2.05) is 0 Å². The fourth-order valence-corrected chi connectivity index (χ4v) is 2.26. The normalized spacial score (nSPS) is 15.7. The Morgan fingerprint density at radius 3 is 2.85 bits per heavy atom. The highest BCUT2D eigenvalue weighted by atomic mass is 16.5. The molecule has 0 saturated heterocycles. The van der Waals surface area contributed by atoms with Crippen LogP contribution in [0.15, 0.2) is 6.20 Å². The van der Waals surface area contributed by atoms with Crippen LogP contribution < -0.4 is 10.6 Å². The fraction of sp³-hybridized carbons (Fsp3) is 0.667. The number of nitrogens with zero attached hydrogens (tertiary/aromatic N) is 3. The Morgan fingerprint density at radius 2 is 2.15 bits per heavy atom. The van der Waals surface area contributed by atoms with Crippen molar-refractivity contribution in [2.45, 2.75) is 44.7 Å². The molecule has 1 heterocycles. The third-order valence-electron chi connectivity index (χ3n) is 3.23. The molecular formula is C12H19N5O3. The van der Waals surface area contributed by atoms with Crippen molar-refractivity contribution < 1.29 is 14.3 Å². The second kappa shape index (κ2) is 6.88. The van der Waals surface area contributed by atoms with Gasteiger partial charge in [-0.05, 0) is 12.8 Å². The molecule has 0 aromatic carbocycles. The molecule has 1 aromatic heterocycles. The summed E-state index contributed by atoms with van der Waals surface area (Å²) >= 11 is 0. The number of hydrogen-bond acceptors (Lipinski definition) is 5. The number of rotatable bonds is 4. The Labute approximate surface area is 116 Å². The van der Waals surface area contributed by atoms with Crippen LogP contribution in [0.1, 0.15) is 32.1 Å². The Bertz CT molecular complexity index is 467. The molecule has 0 unspecified atom stereocenters. The third kappa shape index (κ3) is 4.22. The second-order valence-electron chi connectivity index (χ2n) is 4.82. The molecule has 2 N–H and O–H groups in total. The zero-order valence-electron chi connectivity index (χ0n) is 11.5. The summed E-state index contributed by atoms with van der Waals surface area (Å²) in [6, 6.07) is 0.271. The molecule has 0 atom stereocenters. The smallest absolute Gasteiger partial charge is 0.412 e. The van der Waals surface area contributed by atoms with Gasteiger partial charge in [0.15, 0.2) is 5.82 Å². The standard InChI is InChI=1S/C12H19N5O3/c1-20-12(19)14-10-7-17(16-15-10)8-11(18)13-9-5-3-2-4-6-9/h7,9H,2-6,8H2,1H3,(H,13,18)(H,14,19). The highest BCUT2D eigenvalue weighted by Gasteiger charge is 2.16. The lowest BCUT2D eigenvalue weighted by Crippen LogP contribution is -2.38. The number of carbonyl (C=O) groups excluding carboxylic acids is 2. The Morgan fingerprint density at radius 1 is 1.40 bits per heavy atom. The molecule has 110 valence electrons. The molecule has 2 rings (SSSR count). The largest absolute Gasteiger partial charge is 0.453 e. The molecule has 1 aromatic rings. The van der Waals surface area contributed by atoms with Crippen molar-refractivity contribution in [3.8, 4) is 0 Å². The van der Waals surface area contributed by atoms with Gasteiger partial charge in [0.05, 0.1) is 13.3 Å². The summed E-state index contributed by atoms with van der Waals surface area (Å²) in [6.07, 6.45) is 6.53. The summed E-state index contributed by atoms with van der Waals surface area (Å²) in [5.74, 6) is 0.161. The van der Waals surface area contributed by atoms with Crippen LogP contribution in [0.2, 0.25) is 0 Å². The minimum atomic E-state index is -0.622. The summed E-state index contributed by atoms with van der Waals surface area (Å²) < 4.78 is 5.82. The number of nitrogens with one attached hydrogen (secondary N) is 2. The van der Waals surface area contributed by atoms with Crippen LogP contribution in [0.4, 0.5) is 10.6 Å². The van der Waals surface area contributed by atoms with Gasteiger partial charge in [-0.2, -0.15) is 0 Å². The molecule has 2 amide bonds. The van der Waals surface area contributed by atoms with E-state index in [0.717, 1.165) is 12.8 Å². The lowest BCUT2D eigenvalue weighted by atomic mass is 9.95. The van der Waals surface area contributed by atoms with Crippen LogP contribution in [-0.4, -0.2) is 40.1 Å². The van der Waals surface area contributed by atoms with E-state index in [1.54, 1.807) is 0 Å². The number of hydrogen-bond donors (Lipinski definition) is 2. The Kier molecular flexibility index (Phi) is 4.91. The van der Waals surface area contributed by atoms with Gasteiger partial charge in [-0.3, -0.25) is 10.1 Å². The van der Waals surface area contributed by atoms with Crippen LogP contribution in [0.5, 0.6) is 0 Å². The number of amides is 2. The van der Waals surface area contributed by atoms with Crippen molar-refractivity contribution >= 4 is 17.8 Å². The van der Waals surface area contributed by atoms with Gasteiger partial charge < -0.3 is 10.1 Å². The minimum absolute atomic E-state index is 0.0896. The van der Waals surface area contributed by atoms with Crippen molar-refractivity contribution in [2.24, 2.45) is 0 Å². The van der Waals surface area contributed by atoms with Gasteiger partial charge in [0.25, 0.3) is 0 Å². The maximum absolute atomic E-state index is 11.9. The molecule has 0 aliphatic heterocycles. The van der Waals surface area contributed by atoms with Crippen molar-refractivity contribution in [2.75, 3.05) is 12.4 Å². The van der Waals surface area contributed by atoms with E-state index < -0.39 is 6.09 Å². The first-order valence-corrected chi connectivity index (χ1v) is 6.72. The quantitative estimate of drug-likeness (QED) is 0.854. The molecule has 1 saturated carbocycles. The molecule has 1 fully saturated rings. The topological polar surface area (TPSA) is 98.1 Å². The maximum Gasteiger partial charge on any atom is 0.412 e. The molecule has 1 aliphatic carbocycles. The summed E-state index contributed by atoms with van der Waals surface area (Å²) in [5, 5.41) is 12.9. The lowest BCUT2D eigenvalue weighted by molar-refractivity contribution is -0.122. The Hall–Kier alpha value is -2.12. The second-order valence-corrected chi connectivity index (χ2v) is 4.82. The Balaban J connectivity index is 1.80. The summed E-state index contributed by atoms with van der Waals surface area (Å²) in [7, 11) is 1.26. The van der Waals surface area contributed by atoms with Gasteiger partial charge in [0.2, 0.25) is 5.91 Å². The number of aromatic nitrogens is 3. The van der Waals surface area contributed by atoms with Gasteiger partial charge in [-0.1, -0.05) is 24.5 Å². The van der Waals surface area contributed by atoms with Crippen LogP contribution in [-0.2, 0) is 16.1 Å². The number of anilines is 1. The molecule has 0 radical (unpaired) electrons. The molecule has 0 spiro atoms. The van der Waals surface area contributed by atoms with E-state index in [4.69, 9.17) is 0 Å². The highest BCUT2D eigenvalue weighted by molar-refractivity contribution is 5.82. The predicted molar refractivity (Wildman–Crippen MR) is 71.1 cm³/mol. The summed E-state index contributed by atoms with van der Waals surface area (Å²) in [6.45, 7) is 0.0896. The van der Waals surface area contributed by atoms with Crippen molar-refractivity contribution in [1.82, 2.24) is 20.3 Å². The number of ether oxygens (including phenoxy) is 1. The van der Waals surface area contributed by atoms with E-state index in [2.05, 4.69) is 25.7 Å². The van der Waals surface area contributed by atoms with Crippen LogP contribution in [0.25, 0.3) is 0 Å². The number of methoxy groups -OCH3 is 1. The van der Waals surface area contributed by atoms with Crippen molar-refractivity contribution in [3.63, 3.8) is 0 Å². The average Bonchev–Trinajstić information content (AvgIpc) is 2.86. The van der Waals surface area contributed by atoms with E-state index in [0.29, 0.717) is 0 Å². The summed E-state index contributed by atoms with van der Waals surface area (Å²) in [5.41, 5.74) is 0. The molecule has 8 nitrogen and oxygen atoms in total. The minimum Gasteiger partial charge on any atom is -0.453 e. The first kappa shape index (κ1) is 14.3. The maximum atomic E-state index is 11.9. The average molecular weight is 281 g/mol. The molecule has 20 heavy (non-hydrogen) atoms. The third-order valence-corrected chi connectivity index (χ3v) is 3.23. The zero-order chi connectivity index (χ0) is 14.4. The fourth-order valence-electron chi connectivity index (χ4n) is 2.26. The van der Waals surface area contributed by atoms with E-state index in [-0.39, 0.29) is 24.3 Å². The van der Waals surface area contributed by atoms with E-state index in [9.17, 15) is 9.59 Å². The highest BCUT2D eigenvalue weighted by Crippen LogP contribution is 2.17. The SMILES string of the molecule is COC(=O)Nc1cn(CC(=O)NC2CCCCC2)nn1. The van der Waals surface area contributed by atoms with Gasteiger partial charge in [-0.15, -0.1) is 5.10 Å². The summed E-state index contributed by atoms with van der Waals surface area (Å²) in [4.78, 5) is 22.8. The van der Waals surface area contributed by atoms with Gasteiger partial charge >= 0.3 is 6.09 Å². The van der Waals surface area contributed by atoms with E-state index in [1.165, 1.54) is 37.3 Å². The van der Waals surface area contributed by atoms with Crippen LogP contribution >= 0.6 is 0 Å². The molecule has 0 bridgehead atoms. The van der Waals surface area contributed by atoms with Crippen LogP contribution in [0, 0.1) is 0 Å². The number of carbonyl (C=O) groups is 2. The van der Waals surface area contributed by atoms with Crippen molar-refractivity contribution in [3.05, 3.63) is 6.20 Å². The van der Waals surface area contributed by atoms with Gasteiger partial charge in [0.1, 0.15) is 6.54 Å². The predicted octanol–water partition coefficient (Wildman–Crippen LogP) is 0.905. The first-order chi connectivity index (χ1) is 9.67. The van der Waals surface area contributed by atoms with Crippen molar-refractivity contribution in [1.29, 1.82) is 0 Å². The monoisotopic (exact) mass is 281 g/mol. The van der Waals surface area contributed by atoms with Gasteiger partial charge in [0, 0.05) is 6.04 Å².